The molecule has 3 N–H and O–H groups in total. The number of anilines is 2. The fourth-order valence-electron chi connectivity index (χ4n) is 1.79. The summed E-state index contributed by atoms with van der Waals surface area (Å²) in [5.74, 6) is -0.303. The second kappa shape index (κ2) is 6.56. The first-order valence-electron chi connectivity index (χ1n) is 5.72. The SMILES string of the molecule is CSc1cccc(Nc2ccc(F)c(Br)c2)c1C(N)=S. The van der Waals surface area contributed by atoms with Crippen LogP contribution < -0.4 is 11.1 Å². The van der Waals surface area contributed by atoms with Crippen LogP contribution in [0.1, 0.15) is 5.56 Å². The van der Waals surface area contributed by atoms with Gasteiger partial charge in [-0.15, -0.1) is 11.8 Å². The Kier molecular flexibility index (Phi) is 5.01. The van der Waals surface area contributed by atoms with E-state index < -0.39 is 0 Å². The minimum atomic E-state index is -0.303. The number of rotatable bonds is 4. The van der Waals surface area contributed by atoms with Gasteiger partial charge in [0.25, 0.3) is 0 Å². The fraction of sp³-hybridized carbons (Fsp3) is 0.0714. The third-order valence-electron chi connectivity index (χ3n) is 2.69. The predicted molar refractivity (Wildman–Crippen MR) is 91.5 cm³/mol. The van der Waals surface area contributed by atoms with E-state index in [2.05, 4.69) is 21.2 Å². The van der Waals surface area contributed by atoms with Gasteiger partial charge in [-0.2, -0.15) is 0 Å². The van der Waals surface area contributed by atoms with Crippen LogP contribution in [0.15, 0.2) is 45.8 Å². The summed E-state index contributed by atoms with van der Waals surface area (Å²) in [6.07, 6.45) is 1.97. The Balaban J connectivity index is 2.42. The lowest BCUT2D eigenvalue weighted by molar-refractivity contribution is 0.621. The Morgan fingerprint density at radius 2 is 2.10 bits per heavy atom. The maximum atomic E-state index is 13.2. The molecule has 0 saturated heterocycles. The standard InChI is InChI=1S/C14H12BrFN2S2/c1-20-12-4-2-3-11(13(12)14(17)19)18-8-5-6-10(16)9(15)7-8/h2-7,18H,1H3,(H2,17,19). The minimum absolute atomic E-state index is 0.303. The summed E-state index contributed by atoms with van der Waals surface area (Å²) in [6.45, 7) is 0. The van der Waals surface area contributed by atoms with Crippen LogP contribution in [0.5, 0.6) is 0 Å². The van der Waals surface area contributed by atoms with Crippen LogP contribution in [0.4, 0.5) is 15.8 Å². The van der Waals surface area contributed by atoms with Crippen LogP contribution in [-0.4, -0.2) is 11.2 Å². The molecule has 0 unspecified atom stereocenters. The summed E-state index contributed by atoms with van der Waals surface area (Å²) in [7, 11) is 0. The fourth-order valence-corrected chi connectivity index (χ4v) is 3.09. The summed E-state index contributed by atoms with van der Waals surface area (Å²) in [4.78, 5) is 1.34. The van der Waals surface area contributed by atoms with Crippen molar-refractivity contribution in [2.24, 2.45) is 5.73 Å². The van der Waals surface area contributed by atoms with E-state index in [0.29, 0.717) is 9.46 Å². The molecular formula is C14H12BrFN2S2. The van der Waals surface area contributed by atoms with Crippen molar-refractivity contribution in [3.05, 3.63) is 52.3 Å². The Labute approximate surface area is 135 Å². The average molecular weight is 371 g/mol. The average Bonchev–Trinajstić information content (AvgIpc) is 2.42. The molecule has 0 spiro atoms. The highest BCUT2D eigenvalue weighted by atomic mass is 79.9. The molecule has 6 heteroatoms. The van der Waals surface area contributed by atoms with Gasteiger partial charge in [-0.25, -0.2) is 4.39 Å². The molecule has 20 heavy (non-hydrogen) atoms. The first-order chi connectivity index (χ1) is 9.52. The second-order valence-electron chi connectivity index (χ2n) is 4.00. The lowest BCUT2D eigenvalue weighted by Gasteiger charge is -2.14. The van der Waals surface area contributed by atoms with Crippen molar-refractivity contribution in [1.29, 1.82) is 0 Å². The van der Waals surface area contributed by atoms with E-state index in [1.165, 1.54) is 6.07 Å². The smallest absolute Gasteiger partial charge is 0.137 e. The molecule has 0 amide bonds. The summed E-state index contributed by atoms with van der Waals surface area (Å²) >= 11 is 9.86. The van der Waals surface area contributed by atoms with E-state index in [9.17, 15) is 4.39 Å². The molecule has 2 aromatic carbocycles. The van der Waals surface area contributed by atoms with Crippen LogP contribution in [0.2, 0.25) is 0 Å². The summed E-state index contributed by atoms with van der Waals surface area (Å²) in [5, 5.41) is 3.22. The highest BCUT2D eigenvalue weighted by Gasteiger charge is 2.11. The van der Waals surface area contributed by atoms with Crippen molar-refractivity contribution in [2.75, 3.05) is 11.6 Å². The Bertz CT molecular complexity index is 662. The first kappa shape index (κ1) is 15.3. The Morgan fingerprint density at radius 3 is 2.70 bits per heavy atom. The van der Waals surface area contributed by atoms with Crippen molar-refractivity contribution >= 4 is 56.3 Å². The van der Waals surface area contributed by atoms with Crippen molar-refractivity contribution in [3.8, 4) is 0 Å². The number of thiocarbonyl (C=S) groups is 1. The lowest BCUT2D eigenvalue weighted by atomic mass is 10.1. The highest BCUT2D eigenvalue weighted by Crippen LogP contribution is 2.30. The molecule has 0 aliphatic rings. The number of nitrogens with one attached hydrogen (secondary N) is 1. The largest absolute Gasteiger partial charge is 0.389 e. The molecule has 0 aromatic heterocycles. The number of nitrogens with two attached hydrogens (primary N) is 1. The van der Waals surface area contributed by atoms with Gasteiger partial charge in [-0.3, -0.25) is 0 Å². The third kappa shape index (κ3) is 3.31. The number of hydrogen-bond acceptors (Lipinski definition) is 3. The zero-order chi connectivity index (χ0) is 14.7. The molecule has 2 nitrogen and oxygen atoms in total. The molecule has 0 atom stereocenters. The van der Waals surface area contributed by atoms with E-state index in [1.807, 2.05) is 24.5 Å². The van der Waals surface area contributed by atoms with Gasteiger partial charge in [-0.05, 0) is 52.5 Å². The molecule has 0 heterocycles. The van der Waals surface area contributed by atoms with Crippen LogP contribution in [-0.2, 0) is 0 Å². The van der Waals surface area contributed by atoms with Crippen LogP contribution in [0, 0.1) is 5.82 Å². The van der Waals surface area contributed by atoms with Gasteiger partial charge in [0.1, 0.15) is 10.8 Å². The van der Waals surface area contributed by atoms with Gasteiger partial charge in [0.15, 0.2) is 0 Å². The van der Waals surface area contributed by atoms with Gasteiger partial charge < -0.3 is 11.1 Å². The topological polar surface area (TPSA) is 38.0 Å². The number of thioether (sulfide) groups is 1. The van der Waals surface area contributed by atoms with E-state index >= 15 is 0 Å². The molecule has 0 aliphatic heterocycles. The predicted octanol–water partition coefficient (Wildman–Crippen LogP) is 4.69. The van der Waals surface area contributed by atoms with E-state index in [0.717, 1.165) is 21.8 Å². The zero-order valence-corrected chi connectivity index (χ0v) is 13.8. The first-order valence-corrected chi connectivity index (χ1v) is 8.14. The lowest BCUT2D eigenvalue weighted by Crippen LogP contribution is -2.13. The quantitative estimate of drug-likeness (QED) is 0.604. The Morgan fingerprint density at radius 1 is 1.35 bits per heavy atom. The van der Waals surface area contributed by atoms with Gasteiger partial charge in [0.2, 0.25) is 0 Å². The molecule has 0 bridgehead atoms. The third-order valence-corrected chi connectivity index (χ3v) is 4.28. The monoisotopic (exact) mass is 370 g/mol. The number of hydrogen-bond donors (Lipinski definition) is 2. The van der Waals surface area contributed by atoms with Gasteiger partial charge in [0.05, 0.1) is 4.47 Å². The normalized spacial score (nSPS) is 10.3. The highest BCUT2D eigenvalue weighted by molar-refractivity contribution is 9.10. The van der Waals surface area contributed by atoms with E-state index in [-0.39, 0.29) is 5.82 Å². The molecule has 0 fully saturated rings. The van der Waals surface area contributed by atoms with Gasteiger partial charge >= 0.3 is 0 Å². The van der Waals surface area contributed by atoms with Gasteiger partial charge in [-0.1, -0.05) is 18.3 Å². The maximum absolute atomic E-state index is 13.2. The summed E-state index contributed by atoms with van der Waals surface area (Å²) in [6, 6.07) is 10.5. The molecule has 0 radical (unpaired) electrons. The number of halogens is 2. The van der Waals surface area contributed by atoms with Gasteiger partial charge in [0, 0.05) is 21.8 Å². The maximum Gasteiger partial charge on any atom is 0.137 e. The van der Waals surface area contributed by atoms with Crippen molar-refractivity contribution in [3.63, 3.8) is 0 Å². The molecular weight excluding hydrogens is 359 g/mol. The molecule has 2 aromatic rings. The van der Waals surface area contributed by atoms with Crippen molar-refractivity contribution in [1.82, 2.24) is 0 Å². The van der Waals surface area contributed by atoms with Crippen LogP contribution in [0.25, 0.3) is 0 Å². The second-order valence-corrected chi connectivity index (χ2v) is 6.14. The molecule has 104 valence electrons. The molecule has 0 aliphatic carbocycles. The van der Waals surface area contributed by atoms with Crippen LogP contribution in [0.3, 0.4) is 0 Å². The van der Waals surface area contributed by atoms with E-state index in [4.69, 9.17) is 18.0 Å². The van der Waals surface area contributed by atoms with Crippen molar-refractivity contribution in [2.45, 2.75) is 4.90 Å². The summed E-state index contributed by atoms with van der Waals surface area (Å²) in [5.41, 5.74) is 8.18. The van der Waals surface area contributed by atoms with Crippen molar-refractivity contribution < 1.29 is 4.39 Å². The van der Waals surface area contributed by atoms with Crippen LogP contribution >= 0.6 is 39.9 Å². The molecule has 0 saturated carbocycles. The number of benzene rings is 2. The Hall–Kier alpha value is -1.11. The van der Waals surface area contributed by atoms with E-state index in [1.54, 1.807) is 23.9 Å². The molecule has 2 rings (SSSR count). The minimum Gasteiger partial charge on any atom is -0.389 e. The summed E-state index contributed by atoms with van der Waals surface area (Å²) < 4.78 is 13.6. The zero-order valence-electron chi connectivity index (χ0n) is 10.6.